The van der Waals surface area contributed by atoms with Crippen LogP contribution in [0.15, 0.2) is 36.4 Å². The third-order valence-corrected chi connectivity index (χ3v) is 6.58. The fourth-order valence-corrected chi connectivity index (χ4v) is 4.26. The van der Waals surface area contributed by atoms with Gasteiger partial charge in [-0.1, -0.05) is 65.5 Å². The van der Waals surface area contributed by atoms with Gasteiger partial charge in [-0.2, -0.15) is 0 Å². The van der Waals surface area contributed by atoms with Gasteiger partial charge < -0.3 is 18.9 Å². The molecule has 4 nitrogen and oxygen atoms in total. The van der Waals surface area contributed by atoms with Gasteiger partial charge in [0.25, 0.3) is 0 Å². The lowest BCUT2D eigenvalue weighted by molar-refractivity contribution is 0.295. The number of benzene rings is 2. The molecule has 0 aliphatic carbocycles. The quantitative estimate of drug-likeness (QED) is 0.196. The van der Waals surface area contributed by atoms with E-state index in [1.165, 1.54) is 10.4 Å². The summed E-state index contributed by atoms with van der Waals surface area (Å²) < 4.78 is 24.2. The van der Waals surface area contributed by atoms with Crippen LogP contribution in [0.5, 0.6) is 23.0 Å². The monoisotopic (exact) mass is 470 g/mol. The maximum Gasteiger partial charge on any atom is 0.131 e. The Morgan fingerprint density at radius 2 is 0.879 bits per heavy atom. The van der Waals surface area contributed by atoms with Crippen LogP contribution < -0.4 is 29.3 Å². The first-order chi connectivity index (χ1) is 16.2. The molecule has 0 saturated heterocycles. The summed E-state index contributed by atoms with van der Waals surface area (Å²) in [6.07, 6.45) is 8.66. The van der Waals surface area contributed by atoms with Gasteiger partial charge in [0.2, 0.25) is 0 Å². The van der Waals surface area contributed by atoms with Gasteiger partial charge in [0.1, 0.15) is 32.5 Å². The van der Waals surface area contributed by atoms with Crippen molar-refractivity contribution in [1.82, 2.24) is 0 Å². The van der Waals surface area contributed by atoms with Gasteiger partial charge in [0.15, 0.2) is 0 Å². The van der Waals surface area contributed by atoms with Gasteiger partial charge in [-0.3, -0.25) is 0 Å². The summed E-state index contributed by atoms with van der Waals surface area (Å²) in [5.41, 5.74) is 0. The summed E-state index contributed by atoms with van der Waals surface area (Å²) in [5, 5.41) is 2.35. The second-order valence-corrected chi connectivity index (χ2v) is 9.58. The molecule has 0 spiro atoms. The Morgan fingerprint density at radius 3 is 1.24 bits per heavy atom. The predicted octanol–water partition coefficient (Wildman–Crippen LogP) is 6.06. The predicted molar refractivity (Wildman–Crippen MR) is 140 cm³/mol. The third-order valence-electron chi connectivity index (χ3n) is 5.22. The molecule has 0 aliphatic heterocycles. The minimum atomic E-state index is 0.435. The zero-order valence-corrected chi connectivity index (χ0v) is 22.1. The average molecular weight is 471 g/mol. The average Bonchev–Trinajstić information content (AvgIpc) is 2.82. The fourth-order valence-electron chi connectivity index (χ4n) is 3.10. The van der Waals surface area contributed by atoms with Crippen molar-refractivity contribution in [3.05, 3.63) is 36.4 Å². The van der Waals surface area contributed by atoms with Crippen molar-refractivity contribution in [3.8, 4) is 23.0 Å². The largest absolute Gasteiger partial charge is 0.494 e. The van der Waals surface area contributed by atoms with Crippen LogP contribution in [0.25, 0.3) is 0 Å². The number of unbranched alkanes of at least 4 members (excludes halogenated alkanes) is 4. The highest BCUT2D eigenvalue weighted by molar-refractivity contribution is 6.69. The molecule has 0 amide bonds. The standard InChI is InChI=1S/C28H42O4Si/c1-5-9-17-29-23-13-15-27(25(21-23)31-19-11-7-3)33-28-16-14-24(30-18-10-6-2)22-26(28)32-20-12-8-4/h13-16,21-22H,5-12,17-20H2,1-4H3. The lowest BCUT2D eigenvalue weighted by Gasteiger charge is -2.16. The van der Waals surface area contributed by atoms with E-state index in [9.17, 15) is 0 Å². The normalized spacial score (nSPS) is 10.8. The first kappa shape index (κ1) is 27.1. The summed E-state index contributed by atoms with van der Waals surface area (Å²) >= 11 is 0. The molecule has 0 heterocycles. The topological polar surface area (TPSA) is 36.9 Å². The zero-order valence-electron chi connectivity index (χ0n) is 21.1. The van der Waals surface area contributed by atoms with Gasteiger partial charge in [-0.05, 0) is 48.2 Å². The van der Waals surface area contributed by atoms with Crippen molar-refractivity contribution in [2.75, 3.05) is 26.4 Å². The molecule has 0 aromatic heterocycles. The van der Waals surface area contributed by atoms with Gasteiger partial charge in [0.05, 0.1) is 26.4 Å². The molecular formula is C28H42O4Si. The molecule has 0 N–H and O–H groups in total. The van der Waals surface area contributed by atoms with Crippen molar-refractivity contribution in [2.45, 2.75) is 79.1 Å². The molecule has 182 valence electrons. The first-order valence-corrected chi connectivity index (χ1v) is 13.8. The molecule has 0 fully saturated rings. The van der Waals surface area contributed by atoms with Crippen molar-refractivity contribution >= 4 is 19.9 Å². The summed E-state index contributed by atoms with van der Waals surface area (Å²) in [7, 11) is 0.435. The summed E-state index contributed by atoms with van der Waals surface area (Å²) in [6, 6.07) is 12.5. The molecule has 0 unspecified atom stereocenters. The molecule has 33 heavy (non-hydrogen) atoms. The molecule has 0 bridgehead atoms. The van der Waals surface area contributed by atoms with Crippen LogP contribution in [0.4, 0.5) is 0 Å². The Hall–Kier alpha value is -2.14. The Morgan fingerprint density at radius 1 is 0.515 bits per heavy atom. The van der Waals surface area contributed by atoms with Crippen LogP contribution in [0.2, 0.25) is 0 Å². The smallest absolute Gasteiger partial charge is 0.131 e. The van der Waals surface area contributed by atoms with E-state index in [2.05, 4.69) is 52.0 Å². The molecule has 2 radical (unpaired) electrons. The van der Waals surface area contributed by atoms with E-state index in [1.807, 2.05) is 12.1 Å². The summed E-state index contributed by atoms with van der Waals surface area (Å²) in [6.45, 7) is 11.6. The molecule has 5 heteroatoms. The minimum Gasteiger partial charge on any atom is -0.494 e. The maximum absolute atomic E-state index is 6.19. The number of ether oxygens (including phenoxy) is 4. The van der Waals surface area contributed by atoms with E-state index in [-0.39, 0.29) is 0 Å². The third kappa shape index (κ3) is 10.1. The lowest BCUT2D eigenvalue weighted by Crippen LogP contribution is -2.30. The highest BCUT2D eigenvalue weighted by Crippen LogP contribution is 2.21. The van der Waals surface area contributed by atoms with Crippen molar-refractivity contribution < 1.29 is 18.9 Å². The van der Waals surface area contributed by atoms with E-state index in [1.54, 1.807) is 0 Å². The van der Waals surface area contributed by atoms with E-state index in [0.717, 1.165) is 101 Å². The molecule has 0 atom stereocenters. The molecule has 0 saturated carbocycles. The van der Waals surface area contributed by atoms with E-state index in [4.69, 9.17) is 18.9 Å². The van der Waals surface area contributed by atoms with Crippen LogP contribution in [0.3, 0.4) is 0 Å². The van der Waals surface area contributed by atoms with Gasteiger partial charge in [-0.15, -0.1) is 0 Å². The Balaban J connectivity index is 2.23. The van der Waals surface area contributed by atoms with E-state index < -0.39 is 0 Å². The maximum atomic E-state index is 6.19. The minimum absolute atomic E-state index is 0.435. The van der Waals surface area contributed by atoms with Crippen LogP contribution in [-0.4, -0.2) is 35.9 Å². The number of rotatable bonds is 18. The van der Waals surface area contributed by atoms with Crippen molar-refractivity contribution in [3.63, 3.8) is 0 Å². The van der Waals surface area contributed by atoms with Crippen LogP contribution in [0, 0.1) is 0 Å². The van der Waals surface area contributed by atoms with Crippen LogP contribution >= 0.6 is 0 Å². The van der Waals surface area contributed by atoms with Crippen molar-refractivity contribution in [1.29, 1.82) is 0 Å². The van der Waals surface area contributed by atoms with Crippen LogP contribution in [0.1, 0.15) is 79.1 Å². The number of hydrogen-bond acceptors (Lipinski definition) is 4. The lowest BCUT2D eigenvalue weighted by atomic mass is 10.3. The summed E-state index contributed by atoms with van der Waals surface area (Å²) in [5.74, 6) is 3.59. The summed E-state index contributed by atoms with van der Waals surface area (Å²) in [4.78, 5) is 0. The highest BCUT2D eigenvalue weighted by atomic mass is 28.2. The fraction of sp³-hybridized carbons (Fsp3) is 0.571. The highest BCUT2D eigenvalue weighted by Gasteiger charge is 2.14. The second-order valence-electron chi connectivity index (χ2n) is 8.25. The molecule has 0 aliphatic rings. The van der Waals surface area contributed by atoms with Crippen molar-refractivity contribution in [2.24, 2.45) is 0 Å². The van der Waals surface area contributed by atoms with Gasteiger partial charge in [0, 0.05) is 12.1 Å². The molecule has 2 aromatic rings. The molecular weight excluding hydrogens is 428 g/mol. The van der Waals surface area contributed by atoms with Gasteiger partial charge in [-0.25, -0.2) is 0 Å². The van der Waals surface area contributed by atoms with E-state index in [0.29, 0.717) is 9.52 Å². The van der Waals surface area contributed by atoms with E-state index >= 15 is 0 Å². The molecule has 2 rings (SSSR count). The Bertz CT molecular complexity index is 728. The second kappa shape index (κ2) is 16.5. The van der Waals surface area contributed by atoms with Gasteiger partial charge >= 0.3 is 0 Å². The first-order valence-electron chi connectivity index (χ1n) is 12.8. The number of hydrogen-bond donors (Lipinski definition) is 0. The van der Waals surface area contributed by atoms with Crippen LogP contribution in [-0.2, 0) is 0 Å². The molecule has 2 aromatic carbocycles. The zero-order chi connectivity index (χ0) is 23.7. The Kier molecular flexibility index (Phi) is 13.5. The SMILES string of the molecule is CCCCOc1ccc([Si]c2ccc(OCCCC)cc2OCCCC)c(OCCCC)c1. The Labute approximate surface area is 203 Å².